The van der Waals surface area contributed by atoms with Gasteiger partial charge in [0, 0.05) is 55.3 Å². The van der Waals surface area contributed by atoms with Crippen molar-refractivity contribution in [3.8, 4) is 17.4 Å². The number of nitro benzene ring substituents is 2. The first-order chi connectivity index (χ1) is 43.2. The molecule has 0 amide bonds. The Bertz CT molecular complexity index is 3540. The number of carboxylic acid groups (broad SMARTS) is 3. The highest BCUT2D eigenvalue weighted by Crippen LogP contribution is 2.55. The fourth-order valence-corrected chi connectivity index (χ4v) is 11.5. The standard InChI is InChI=1S/C18H26O2.C15H12F3NO4.C12H13ClF3N3O4.C8H2Cl4O4.C7H5Cl2NS/c1-13(2)18-10-9-17(4,20-18)16(11-18)19-12-15-8-6-5-7-14(15)3;1-9(14(20)21)22-11-3-5-12(6-4-11)23-13-7-2-10(8-19-13)15(16,17)18;1-2-4-17(5-3-13)11-9(18(20)21)6-8(12(14,15)16)7-10(11)19(22)23;9-3-1(7(13)14)4(10)6(12)2(5(3)11)8(15)16;8-4-2-1-3-5(9)6(4)7(10)11/h5-8,13,16H,9-12H2,1-4H3;2-9H,1H3,(H,20,21);6-7H,2-5H2,1H3;(H,13,14)(H,15,16);1-3H,(H2,10,11)/t;9-;;;/m.1.../s1. The maximum Gasteiger partial charge on any atom is 0.417 e. The van der Waals surface area contributed by atoms with E-state index in [9.17, 15) is 61.0 Å². The number of aromatic nitrogens is 1. The summed E-state index contributed by atoms with van der Waals surface area (Å²) in [5.41, 5.74) is 2.75. The maximum atomic E-state index is 12.8. The second-order valence-corrected chi connectivity index (χ2v) is 23.9. The van der Waals surface area contributed by atoms with E-state index in [0.717, 1.165) is 25.0 Å². The van der Waals surface area contributed by atoms with Gasteiger partial charge in [0.25, 0.3) is 11.4 Å². The highest BCUT2D eigenvalue weighted by atomic mass is 35.5. The van der Waals surface area contributed by atoms with Crippen molar-refractivity contribution in [3.63, 3.8) is 0 Å². The lowest BCUT2D eigenvalue weighted by Gasteiger charge is -2.31. The summed E-state index contributed by atoms with van der Waals surface area (Å²) in [5.74, 6) is -2.76. The molecule has 2 saturated heterocycles. The van der Waals surface area contributed by atoms with Gasteiger partial charge in [-0.25, -0.2) is 19.4 Å². The van der Waals surface area contributed by atoms with Crippen LogP contribution in [0.15, 0.2) is 97.2 Å². The zero-order valence-electron chi connectivity index (χ0n) is 49.6. The number of hydrogen-bond donors (Lipinski definition) is 4. The van der Waals surface area contributed by atoms with Crippen LogP contribution in [-0.4, -0.2) is 95.4 Å². The van der Waals surface area contributed by atoms with E-state index in [-0.39, 0.29) is 47.1 Å². The van der Waals surface area contributed by atoms with Gasteiger partial charge in [0.05, 0.1) is 86.1 Å². The Morgan fingerprint density at radius 1 is 0.763 bits per heavy atom. The number of aromatic carboxylic acids is 2. The molecular formula is C60H58Cl7F6N5O14S. The van der Waals surface area contributed by atoms with E-state index in [1.807, 2.05) is 0 Å². The van der Waals surface area contributed by atoms with E-state index < -0.39 is 106 Å². The van der Waals surface area contributed by atoms with Crippen molar-refractivity contribution in [2.75, 3.05) is 23.9 Å². The molecule has 0 radical (unpaired) electrons. The molecule has 0 aliphatic carbocycles. The number of alkyl halides is 7. The normalized spacial score (nSPS) is 16.5. The van der Waals surface area contributed by atoms with E-state index in [2.05, 4.69) is 56.9 Å². The lowest BCUT2D eigenvalue weighted by Crippen LogP contribution is -2.38. The summed E-state index contributed by atoms with van der Waals surface area (Å²) in [6.45, 7) is 12.9. The molecule has 3 unspecified atom stereocenters. The number of thiocarbonyl (C=S) groups is 1. The number of halogens is 13. The summed E-state index contributed by atoms with van der Waals surface area (Å²) >= 11 is 44.3. The minimum atomic E-state index is -4.93. The smallest absolute Gasteiger partial charge is 0.417 e. The summed E-state index contributed by atoms with van der Waals surface area (Å²) in [6.07, 6.45) is -5.63. The SMILES string of the molecule is CCCN(CCCl)c1c([N+](=O)[O-])cc(C(F)(F)F)cc1[N+](=O)[O-].C[C@@H](Oc1ccc(Oc2ccc(C(F)(F)F)cn2)cc1)C(=O)O.Cc1ccccc1COC1CC2(C(C)C)CCC1(C)O2.NC(=S)c1c(Cl)cccc1Cl.O=C(O)c1c(Cl)c(Cl)c(C(=O)O)c(Cl)c1Cl. The number of ether oxygens (including phenoxy) is 4. The summed E-state index contributed by atoms with van der Waals surface area (Å²) in [6, 6.07) is 22.1. The lowest BCUT2D eigenvalue weighted by molar-refractivity contribution is -0.393. The molecule has 0 spiro atoms. The predicted octanol–water partition coefficient (Wildman–Crippen LogP) is 18.3. The number of carboxylic acids is 3. The molecule has 0 saturated carbocycles. The zero-order valence-corrected chi connectivity index (χ0v) is 55.8. The van der Waals surface area contributed by atoms with Crippen LogP contribution in [0.2, 0.25) is 30.1 Å². The fourth-order valence-electron chi connectivity index (χ4n) is 9.15. The van der Waals surface area contributed by atoms with Crippen LogP contribution in [0.3, 0.4) is 0 Å². The molecule has 5 N–H and O–H groups in total. The molecule has 2 aliphatic rings. The van der Waals surface area contributed by atoms with Crippen molar-refractivity contribution >= 4 is 133 Å². The number of nitrogens with zero attached hydrogens (tertiary/aromatic N) is 4. The van der Waals surface area contributed by atoms with Crippen LogP contribution in [0.1, 0.15) is 109 Å². The van der Waals surface area contributed by atoms with Crippen LogP contribution in [0.4, 0.5) is 43.4 Å². The first-order valence-electron chi connectivity index (χ1n) is 27.2. The van der Waals surface area contributed by atoms with Gasteiger partial charge in [-0.05, 0) is 99.5 Å². The van der Waals surface area contributed by atoms with Crippen molar-refractivity contribution in [1.29, 1.82) is 0 Å². The number of aliphatic carboxylic acids is 1. The van der Waals surface area contributed by atoms with E-state index in [1.54, 1.807) is 25.1 Å². The third kappa shape index (κ3) is 21.1. The molecule has 2 fully saturated rings. The summed E-state index contributed by atoms with van der Waals surface area (Å²) in [7, 11) is 0. The lowest BCUT2D eigenvalue weighted by atomic mass is 9.75. The molecule has 93 heavy (non-hydrogen) atoms. The van der Waals surface area contributed by atoms with Crippen molar-refractivity contribution in [3.05, 3.63) is 187 Å². The minimum absolute atomic E-state index is 0.00516. The number of benzene rings is 5. The predicted molar refractivity (Wildman–Crippen MR) is 345 cm³/mol. The van der Waals surface area contributed by atoms with Gasteiger partial charge >= 0.3 is 30.3 Å². The van der Waals surface area contributed by atoms with Gasteiger partial charge in [-0.2, -0.15) is 26.3 Å². The molecule has 504 valence electrons. The molecule has 3 heterocycles. The van der Waals surface area contributed by atoms with Crippen LogP contribution in [-0.2, 0) is 33.2 Å². The van der Waals surface area contributed by atoms with Crippen LogP contribution in [0, 0.1) is 33.1 Å². The average molecular weight is 1470 g/mol. The first kappa shape index (κ1) is 78.7. The number of hydrogen-bond acceptors (Lipinski definition) is 14. The number of pyridine rings is 1. The second kappa shape index (κ2) is 34.1. The molecule has 2 bridgehead atoms. The Balaban J connectivity index is 0.000000252. The molecular weight excluding hydrogens is 1410 g/mol. The first-order valence-corrected chi connectivity index (χ1v) is 30.4. The molecule has 6 aromatic rings. The Morgan fingerprint density at radius 3 is 1.66 bits per heavy atom. The van der Waals surface area contributed by atoms with Gasteiger partial charge in [-0.3, -0.25) is 20.2 Å². The maximum absolute atomic E-state index is 12.8. The number of fused-ring (bicyclic) bond motifs is 2. The quantitative estimate of drug-likeness (QED) is 0.0146. The highest BCUT2D eigenvalue weighted by molar-refractivity contribution is 7.80. The minimum Gasteiger partial charge on any atom is -0.479 e. The van der Waals surface area contributed by atoms with Crippen LogP contribution >= 0.6 is 93.4 Å². The molecule has 8 rings (SSSR count). The molecule has 4 atom stereocenters. The monoisotopic (exact) mass is 1460 g/mol. The van der Waals surface area contributed by atoms with E-state index in [1.165, 1.54) is 53.6 Å². The zero-order chi connectivity index (χ0) is 70.2. The van der Waals surface area contributed by atoms with Crippen LogP contribution < -0.4 is 20.1 Å². The summed E-state index contributed by atoms with van der Waals surface area (Å²) < 4.78 is 98.8. The Morgan fingerprint density at radius 2 is 1.27 bits per heavy atom. The Kier molecular flexibility index (Phi) is 28.9. The van der Waals surface area contributed by atoms with E-state index in [4.69, 9.17) is 133 Å². The van der Waals surface area contributed by atoms with Crippen molar-refractivity contribution < 1.29 is 84.8 Å². The van der Waals surface area contributed by atoms with Gasteiger partial charge in [0.2, 0.25) is 5.88 Å². The molecule has 33 heteroatoms. The third-order valence-electron chi connectivity index (χ3n) is 14.1. The van der Waals surface area contributed by atoms with E-state index >= 15 is 0 Å². The number of aryl methyl sites for hydroxylation is 1. The number of nitrogens with two attached hydrogens (primary N) is 1. The third-order valence-corrected chi connectivity index (χ3v) is 16.8. The molecule has 19 nitrogen and oxygen atoms in total. The van der Waals surface area contributed by atoms with Gasteiger partial charge in [0.1, 0.15) is 16.5 Å². The average Bonchev–Trinajstić information content (AvgIpc) is 1.59. The largest absolute Gasteiger partial charge is 0.479 e. The number of rotatable bonds is 19. The van der Waals surface area contributed by atoms with E-state index in [0.29, 0.717) is 64.4 Å². The Labute approximate surface area is 568 Å². The van der Waals surface area contributed by atoms with Crippen LogP contribution in [0.25, 0.3) is 0 Å². The number of anilines is 1. The van der Waals surface area contributed by atoms with Crippen LogP contribution in [0.5, 0.6) is 17.4 Å². The van der Waals surface area contributed by atoms with Crippen molar-refractivity contribution in [2.45, 2.75) is 110 Å². The fraction of sp³-hybridized carbons (Fsp3) is 0.350. The summed E-state index contributed by atoms with van der Waals surface area (Å²) in [4.78, 5) is 57.5. The highest BCUT2D eigenvalue weighted by Gasteiger charge is 2.60. The Hall–Kier alpha value is -6.72. The number of nitro groups is 2. The van der Waals surface area contributed by atoms with Gasteiger partial charge in [0.15, 0.2) is 11.8 Å². The van der Waals surface area contributed by atoms with Gasteiger partial charge < -0.3 is 44.9 Å². The molecule has 5 aromatic carbocycles. The van der Waals surface area contributed by atoms with Gasteiger partial charge in [-0.1, -0.05) is 133 Å². The topological polar surface area (TPSA) is 277 Å². The van der Waals surface area contributed by atoms with Crippen molar-refractivity contribution in [1.82, 2.24) is 4.98 Å². The summed E-state index contributed by atoms with van der Waals surface area (Å²) in [5, 5.41) is 47.8. The molecule has 2 aliphatic heterocycles. The van der Waals surface area contributed by atoms with Gasteiger partial charge in [-0.15, -0.1) is 11.6 Å². The molecule has 1 aromatic heterocycles. The van der Waals surface area contributed by atoms with Crippen molar-refractivity contribution in [2.24, 2.45) is 11.7 Å². The second-order valence-electron chi connectivity index (χ2n) is 20.7. The number of carbonyl (C=O) groups is 3.